The molecule has 1 aliphatic carbocycles. The summed E-state index contributed by atoms with van der Waals surface area (Å²) in [5.74, 6) is 0.960. The SMILES string of the molecule is C=CCCCCCC[C@H]1[C@@H](/C=C/C(CC)N2C(C)(C)CCCC2(C)C)[C@H](O[Si](C)(C)C(C)(C)C)C[C@@H]1O[Si](CC)(CC)CC. The Morgan fingerprint density at radius 1 is 0.864 bits per heavy atom. The van der Waals surface area contributed by atoms with Gasteiger partial charge < -0.3 is 8.85 Å². The van der Waals surface area contributed by atoms with Crippen molar-refractivity contribution < 1.29 is 8.85 Å². The van der Waals surface area contributed by atoms with Gasteiger partial charge >= 0.3 is 0 Å². The highest BCUT2D eigenvalue weighted by Crippen LogP contribution is 2.47. The van der Waals surface area contributed by atoms with E-state index in [-0.39, 0.29) is 22.2 Å². The van der Waals surface area contributed by atoms with Crippen LogP contribution in [0.1, 0.15) is 147 Å². The number of unbranched alkanes of at least 4 members (excludes halogenated alkanes) is 4. The van der Waals surface area contributed by atoms with E-state index in [4.69, 9.17) is 8.85 Å². The molecule has 5 atom stereocenters. The minimum Gasteiger partial charge on any atom is -0.414 e. The Labute approximate surface area is 278 Å². The van der Waals surface area contributed by atoms with Crippen molar-refractivity contribution in [1.29, 1.82) is 0 Å². The van der Waals surface area contributed by atoms with E-state index in [1.54, 1.807) is 0 Å². The van der Waals surface area contributed by atoms with Crippen LogP contribution >= 0.6 is 0 Å². The third-order valence-electron chi connectivity index (χ3n) is 12.3. The number of hydrogen-bond acceptors (Lipinski definition) is 3. The fourth-order valence-electron chi connectivity index (χ4n) is 8.46. The molecule has 2 aliphatic rings. The highest BCUT2D eigenvalue weighted by Gasteiger charge is 2.50. The number of allylic oxidation sites excluding steroid dienone is 1. The quantitative estimate of drug-likeness (QED) is 0.0839. The minimum atomic E-state index is -1.95. The van der Waals surface area contributed by atoms with Gasteiger partial charge in [0, 0.05) is 23.0 Å². The molecule has 0 bridgehead atoms. The average Bonchev–Trinajstić information content (AvgIpc) is 3.23. The van der Waals surface area contributed by atoms with Crippen molar-refractivity contribution in [3.63, 3.8) is 0 Å². The van der Waals surface area contributed by atoms with Gasteiger partial charge in [0.05, 0.1) is 12.2 Å². The predicted octanol–water partition coefficient (Wildman–Crippen LogP) is 12.3. The maximum Gasteiger partial charge on any atom is 0.192 e. The highest BCUT2D eigenvalue weighted by atomic mass is 28.4. The van der Waals surface area contributed by atoms with Crippen LogP contribution in [0.3, 0.4) is 0 Å². The normalized spacial score (nSPS) is 27.2. The molecule has 1 aliphatic heterocycles. The van der Waals surface area contributed by atoms with Gasteiger partial charge in [-0.05, 0) is 121 Å². The zero-order valence-corrected chi connectivity index (χ0v) is 34.0. The topological polar surface area (TPSA) is 21.7 Å². The maximum atomic E-state index is 7.45. The summed E-state index contributed by atoms with van der Waals surface area (Å²) in [4.78, 5) is 2.87. The summed E-state index contributed by atoms with van der Waals surface area (Å²) >= 11 is 0. The first-order valence-electron chi connectivity index (χ1n) is 18.9. The van der Waals surface area contributed by atoms with E-state index in [1.165, 1.54) is 69.5 Å². The van der Waals surface area contributed by atoms with E-state index in [2.05, 4.69) is 119 Å². The Morgan fingerprint density at radius 3 is 1.93 bits per heavy atom. The molecule has 0 aromatic carbocycles. The minimum absolute atomic E-state index is 0.198. The van der Waals surface area contributed by atoms with Gasteiger partial charge in [0.25, 0.3) is 0 Å². The van der Waals surface area contributed by atoms with E-state index >= 15 is 0 Å². The molecule has 2 rings (SSSR count). The van der Waals surface area contributed by atoms with Crippen molar-refractivity contribution in [2.75, 3.05) is 0 Å². The summed E-state index contributed by atoms with van der Waals surface area (Å²) in [6.07, 6.45) is 21.6. The number of piperidine rings is 1. The Hall–Kier alpha value is -0.206. The number of rotatable bonds is 18. The second-order valence-electron chi connectivity index (χ2n) is 17.3. The van der Waals surface area contributed by atoms with Crippen LogP contribution in [0.15, 0.2) is 24.8 Å². The van der Waals surface area contributed by atoms with Gasteiger partial charge in [0.2, 0.25) is 0 Å². The molecule has 3 nitrogen and oxygen atoms in total. The molecule has 0 radical (unpaired) electrons. The van der Waals surface area contributed by atoms with E-state index in [0.29, 0.717) is 24.0 Å². The lowest BCUT2D eigenvalue weighted by molar-refractivity contribution is -0.0488. The monoisotopic (exact) mass is 648 g/mol. The van der Waals surface area contributed by atoms with Crippen molar-refractivity contribution in [2.24, 2.45) is 11.8 Å². The van der Waals surface area contributed by atoms with Crippen LogP contribution in [0.5, 0.6) is 0 Å². The molecule has 1 saturated heterocycles. The second-order valence-corrected chi connectivity index (χ2v) is 26.8. The van der Waals surface area contributed by atoms with Gasteiger partial charge in [-0.2, -0.15) is 0 Å². The van der Waals surface area contributed by atoms with Crippen LogP contribution < -0.4 is 0 Å². The molecule has 5 heteroatoms. The molecule has 0 spiro atoms. The second kappa shape index (κ2) is 16.8. The molecule has 0 aromatic rings. The summed E-state index contributed by atoms with van der Waals surface area (Å²) in [6, 6.07) is 4.10. The maximum absolute atomic E-state index is 7.45. The smallest absolute Gasteiger partial charge is 0.192 e. The Balaban J connectivity index is 2.52. The van der Waals surface area contributed by atoms with Gasteiger partial charge in [-0.15, -0.1) is 6.58 Å². The number of likely N-dealkylation sites (tertiary alicyclic amines) is 1. The molecule has 1 unspecified atom stereocenters. The Kier molecular flexibility index (Phi) is 15.2. The summed E-state index contributed by atoms with van der Waals surface area (Å²) in [5, 5.41) is 0.198. The molecule has 1 saturated carbocycles. The third kappa shape index (κ3) is 10.1. The van der Waals surface area contributed by atoms with E-state index < -0.39 is 16.6 Å². The molecular weight excluding hydrogens is 571 g/mol. The van der Waals surface area contributed by atoms with Crippen molar-refractivity contribution >= 4 is 16.6 Å². The third-order valence-corrected chi connectivity index (χ3v) is 21.5. The van der Waals surface area contributed by atoms with Gasteiger partial charge in [-0.1, -0.05) is 86.0 Å². The van der Waals surface area contributed by atoms with Gasteiger partial charge in [-0.3, -0.25) is 4.90 Å². The lowest BCUT2D eigenvalue weighted by Crippen LogP contribution is -2.61. The van der Waals surface area contributed by atoms with Crippen molar-refractivity contribution in [1.82, 2.24) is 4.90 Å². The Bertz CT molecular complexity index is 861. The van der Waals surface area contributed by atoms with Crippen LogP contribution in [-0.4, -0.2) is 50.9 Å². The average molecular weight is 648 g/mol. The molecule has 0 N–H and O–H groups in total. The van der Waals surface area contributed by atoms with Crippen LogP contribution in [0.2, 0.25) is 36.3 Å². The van der Waals surface area contributed by atoms with Gasteiger partial charge in [0.15, 0.2) is 16.6 Å². The fraction of sp³-hybridized carbons (Fsp3) is 0.897. The zero-order chi connectivity index (χ0) is 33.4. The lowest BCUT2D eigenvalue weighted by atomic mass is 9.78. The molecule has 0 aromatic heterocycles. The van der Waals surface area contributed by atoms with Gasteiger partial charge in [0.1, 0.15) is 0 Å². The molecule has 2 fully saturated rings. The fourth-order valence-corrected chi connectivity index (χ4v) is 12.7. The molecule has 44 heavy (non-hydrogen) atoms. The molecule has 1 heterocycles. The number of nitrogens with zero attached hydrogens (tertiary/aromatic N) is 1. The number of hydrogen-bond donors (Lipinski definition) is 0. The molecule has 258 valence electrons. The lowest BCUT2D eigenvalue weighted by Gasteiger charge is -2.56. The van der Waals surface area contributed by atoms with Gasteiger partial charge in [-0.25, -0.2) is 0 Å². The first-order valence-corrected chi connectivity index (χ1v) is 24.3. The largest absolute Gasteiger partial charge is 0.414 e. The summed E-state index contributed by atoms with van der Waals surface area (Å²) in [5.41, 5.74) is 0.426. The molecular formula is C39H77NO2Si2. The summed E-state index contributed by atoms with van der Waals surface area (Å²) in [7, 11) is -3.70. The highest BCUT2D eigenvalue weighted by molar-refractivity contribution is 6.74. The van der Waals surface area contributed by atoms with Crippen molar-refractivity contribution in [3.8, 4) is 0 Å². The Morgan fingerprint density at radius 2 is 1.43 bits per heavy atom. The van der Waals surface area contributed by atoms with Crippen LogP contribution in [0.4, 0.5) is 0 Å². The zero-order valence-electron chi connectivity index (χ0n) is 32.0. The van der Waals surface area contributed by atoms with E-state index in [0.717, 1.165) is 19.3 Å². The standard InChI is InChI=1S/C39H77NO2Si2/c1-15-20-21-22-23-24-26-33-34(28-27-32(16-2)40-38(9,10)29-25-30-39(40,11)12)35(41-43(13,14)37(6,7)8)31-36(33)42-44(17-3,18-4)19-5/h15,27-28,32-36H,1,16-26,29-31H2,2-14H3/b28-27+/t32?,33-,34+,35+,36-/m0/s1. The van der Waals surface area contributed by atoms with Crippen LogP contribution in [-0.2, 0) is 8.85 Å². The van der Waals surface area contributed by atoms with Crippen molar-refractivity contribution in [2.45, 2.75) is 212 Å². The van der Waals surface area contributed by atoms with Crippen LogP contribution in [0.25, 0.3) is 0 Å². The summed E-state index contributed by atoms with van der Waals surface area (Å²) in [6.45, 7) is 35.5. The first-order chi connectivity index (χ1) is 20.4. The molecule has 0 amide bonds. The van der Waals surface area contributed by atoms with E-state index in [9.17, 15) is 0 Å². The first kappa shape index (κ1) is 40.0. The van der Waals surface area contributed by atoms with Crippen LogP contribution in [0, 0.1) is 11.8 Å². The summed E-state index contributed by atoms with van der Waals surface area (Å²) < 4.78 is 14.9. The van der Waals surface area contributed by atoms with Crippen molar-refractivity contribution in [3.05, 3.63) is 24.8 Å². The predicted molar refractivity (Wildman–Crippen MR) is 201 cm³/mol. The van der Waals surface area contributed by atoms with E-state index in [1.807, 2.05) is 0 Å².